The van der Waals surface area contributed by atoms with E-state index >= 15 is 0 Å². The predicted octanol–water partition coefficient (Wildman–Crippen LogP) is 5.28. The molecule has 2 aromatic carbocycles. The Morgan fingerprint density at radius 1 is 1.17 bits per heavy atom. The molecule has 0 fully saturated rings. The molecule has 24 heavy (non-hydrogen) atoms. The van der Waals surface area contributed by atoms with Gasteiger partial charge in [0.2, 0.25) is 5.91 Å². The molecule has 1 amide bonds. The van der Waals surface area contributed by atoms with Crippen molar-refractivity contribution >= 4 is 57.3 Å². The number of carbonyl (C=O) groups excluding carboxylic acids is 1. The highest BCUT2D eigenvalue weighted by Gasteiger charge is 2.08. The lowest BCUT2D eigenvalue weighted by atomic mass is 10.2. The van der Waals surface area contributed by atoms with E-state index in [0.29, 0.717) is 5.75 Å². The number of rotatable bonds is 5. The van der Waals surface area contributed by atoms with Crippen molar-refractivity contribution in [2.24, 2.45) is 0 Å². The summed E-state index contributed by atoms with van der Waals surface area (Å²) in [4.78, 5) is 16.5. The van der Waals surface area contributed by atoms with Crippen LogP contribution in [0.4, 0.5) is 10.1 Å². The molecule has 3 nitrogen and oxygen atoms in total. The molecule has 3 aromatic rings. The first kappa shape index (κ1) is 17.4. The highest BCUT2D eigenvalue weighted by atomic mass is 127. The fourth-order valence-electron chi connectivity index (χ4n) is 1.93. The molecule has 0 aliphatic rings. The lowest BCUT2D eigenvalue weighted by Gasteiger charge is -2.04. The molecule has 0 bridgehead atoms. The zero-order chi connectivity index (χ0) is 16.9. The predicted molar refractivity (Wildman–Crippen MR) is 106 cm³/mol. The molecular formula is C17H12FIN2OS2. The number of nitrogens with zero attached hydrogens (tertiary/aromatic N) is 1. The number of aromatic nitrogens is 1. The van der Waals surface area contributed by atoms with Crippen LogP contribution in [0.1, 0.15) is 0 Å². The zero-order valence-corrected chi connectivity index (χ0v) is 16.1. The van der Waals surface area contributed by atoms with Crippen molar-refractivity contribution in [2.45, 2.75) is 4.34 Å². The normalized spacial score (nSPS) is 10.6. The monoisotopic (exact) mass is 470 g/mol. The van der Waals surface area contributed by atoms with Crippen LogP contribution in [0.15, 0.2) is 58.3 Å². The quantitative estimate of drug-likeness (QED) is 0.408. The summed E-state index contributed by atoms with van der Waals surface area (Å²) in [5, 5.41) is 4.77. The van der Waals surface area contributed by atoms with Gasteiger partial charge in [0.15, 0.2) is 4.34 Å². The molecule has 0 unspecified atom stereocenters. The Labute approximate surface area is 160 Å². The highest BCUT2D eigenvalue weighted by molar-refractivity contribution is 14.1. The van der Waals surface area contributed by atoms with Crippen LogP contribution >= 0.6 is 45.7 Å². The second-order valence-electron chi connectivity index (χ2n) is 4.85. The van der Waals surface area contributed by atoms with Gasteiger partial charge in [-0.15, -0.1) is 11.3 Å². The van der Waals surface area contributed by atoms with Gasteiger partial charge in [-0.2, -0.15) is 0 Å². The molecule has 3 rings (SSSR count). The Bertz CT molecular complexity index is 835. The van der Waals surface area contributed by atoms with Crippen molar-refractivity contribution in [1.82, 2.24) is 4.98 Å². The summed E-state index contributed by atoms with van der Waals surface area (Å²) in [6.45, 7) is 0. The van der Waals surface area contributed by atoms with E-state index in [-0.39, 0.29) is 11.7 Å². The minimum atomic E-state index is -0.268. The number of nitrogens with one attached hydrogen (secondary N) is 1. The molecule has 1 N–H and O–H groups in total. The Balaban J connectivity index is 1.56. The van der Waals surface area contributed by atoms with Gasteiger partial charge in [-0.05, 0) is 71.1 Å². The lowest BCUT2D eigenvalue weighted by Crippen LogP contribution is -2.13. The second kappa shape index (κ2) is 8.09. The maximum Gasteiger partial charge on any atom is 0.234 e. The first-order chi connectivity index (χ1) is 11.6. The summed E-state index contributed by atoms with van der Waals surface area (Å²) >= 11 is 5.08. The number of anilines is 1. The summed E-state index contributed by atoms with van der Waals surface area (Å²) in [6, 6.07) is 13.9. The fraction of sp³-hybridized carbons (Fsp3) is 0.0588. The average molecular weight is 470 g/mol. The maximum absolute atomic E-state index is 13.0. The Morgan fingerprint density at radius 2 is 1.88 bits per heavy atom. The van der Waals surface area contributed by atoms with Crippen molar-refractivity contribution in [1.29, 1.82) is 0 Å². The molecular weight excluding hydrogens is 458 g/mol. The van der Waals surface area contributed by atoms with Crippen LogP contribution in [0.25, 0.3) is 11.3 Å². The van der Waals surface area contributed by atoms with Crippen molar-refractivity contribution in [3.05, 3.63) is 63.3 Å². The van der Waals surface area contributed by atoms with E-state index in [1.807, 2.05) is 29.6 Å². The van der Waals surface area contributed by atoms with Gasteiger partial charge in [-0.1, -0.05) is 11.8 Å². The molecule has 0 spiro atoms. The molecule has 122 valence electrons. The number of benzene rings is 2. The van der Waals surface area contributed by atoms with Gasteiger partial charge in [0.05, 0.1) is 11.4 Å². The maximum atomic E-state index is 13.0. The number of hydrogen-bond donors (Lipinski definition) is 1. The van der Waals surface area contributed by atoms with Crippen LogP contribution < -0.4 is 5.32 Å². The summed E-state index contributed by atoms with van der Waals surface area (Å²) < 4.78 is 14.9. The van der Waals surface area contributed by atoms with E-state index in [1.54, 1.807) is 12.1 Å². The van der Waals surface area contributed by atoms with Gasteiger partial charge in [0.25, 0.3) is 0 Å². The molecule has 1 heterocycles. The van der Waals surface area contributed by atoms with Crippen LogP contribution in [0, 0.1) is 9.39 Å². The van der Waals surface area contributed by atoms with E-state index in [4.69, 9.17) is 0 Å². The third-order valence-electron chi connectivity index (χ3n) is 3.08. The number of carbonyl (C=O) groups is 1. The molecule has 7 heteroatoms. The third-order valence-corrected chi connectivity index (χ3v) is 5.82. The van der Waals surface area contributed by atoms with Gasteiger partial charge >= 0.3 is 0 Å². The van der Waals surface area contributed by atoms with Gasteiger partial charge < -0.3 is 5.32 Å². The number of thioether (sulfide) groups is 1. The summed E-state index contributed by atoms with van der Waals surface area (Å²) in [5.74, 6) is -0.0434. The van der Waals surface area contributed by atoms with Gasteiger partial charge in [-0.25, -0.2) is 9.37 Å². The fourth-order valence-corrected chi connectivity index (χ4v) is 3.93. The second-order valence-corrected chi connectivity index (χ2v) is 8.18. The van der Waals surface area contributed by atoms with Crippen LogP contribution in [-0.4, -0.2) is 16.6 Å². The van der Waals surface area contributed by atoms with Crippen LogP contribution in [0.3, 0.4) is 0 Å². The van der Waals surface area contributed by atoms with Crippen LogP contribution in [0.2, 0.25) is 0 Å². The van der Waals surface area contributed by atoms with Crippen LogP contribution in [0.5, 0.6) is 0 Å². The van der Waals surface area contributed by atoms with Gasteiger partial charge in [-0.3, -0.25) is 4.79 Å². The number of amides is 1. The van der Waals surface area contributed by atoms with Gasteiger partial charge in [0, 0.05) is 20.2 Å². The first-order valence-corrected chi connectivity index (χ1v) is 9.94. The van der Waals surface area contributed by atoms with E-state index in [1.165, 1.54) is 35.2 Å². The van der Waals surface area contributed by atoms with Crippen molar-refractivity contribution in [3.63, 3.8) is 0 Å². The molecule has 0 saturated carbocycles. The number of halogens is 2. The lowest BCUT2D eigenvalue weighted by molar-refractivity contribution is -0.113. The van der Waals surface area contributed by atoms with Crippen LogP contribution in [-0.2, 0) is 4.79 Å². The van der Waals surface area contributed by atoms with E-state index in [9.17, 15) is 9.18 Å². The SMILES string of the molecule is O=C(CSc1nc(-c2ccc(F)cc2)cs1)Nc1ccc(I)cc1. The molecule has 0 aliphatic carbocycles. The summed E-state index contributed by atoms with van der Waals surface area (Å²) in [5.41, 5.74) is 2.44. The minimum Gasteiger partial charge on any atom is -0.325 e. The van der Waals surface area contributed by atoms with Crippen molar-refractivity contribution < 1.29 is 9.18 Å². The first-order valence-electron chi connectivity index (χ1n) is 7.00. The van der Waals surface area contributed by atoms with E-state index in [0.717, 1.165) is 24.9 Å². The van der Waals surface area contributed by atoms with Crippen molar-refractivity contribution in [2.75, 3.05) is 11.1 Å². The molecule has 0 saturated heterocycles. The zero-order valence-electron chi connectivity index (χ0n) is 12.3. The Morgan fingerprint density at radius 3 is 2.58 bits per heavy atom. The van der Waals surface area contributed by atoms with E-state index < -0.39 is 0 Å². The molecule has 0 radical (unpaired) electrons. The minimum absolute atomic E-state index is 0.0697. The summed E-state index contributed by atoms with van der Waals surface area (Å²) in [7, 11) is 0. The number of thiazole rings is 1. The largest absolute Gasteiger partial charge is 0.325 e. The Hall–Kier alpha value is -1.45. The van der Waals surface area contributed by atoms with Gasteiger partial charge in [0.1, 0.15) is 5.82 Å². The average Bonchev–Trinajstić information content (AvgIpc) is 3.05. The van der Waals surface area contributed by atoms with Crippen molar-refractivity contribution in [3.8, 4) is 11.3 Å². The molecule has 1 aromatic heterocycles. The summed E-state index contributed by atoms with van der Waals surface area (Å²) in [6.07, 6.45) is 0. The standard InChI is InChI=1S/C17H12FIN2OS2/c18-12-3-1-11(2-4-12)15-9-23-17(21-15)24-10-16(22)20-14-7-5-13(19)6-8-14/h1-9H,10H2,(H,20,22). The van der Waals surface area contributed by atoms with E-state index in [2.05, 4.69) is 32.9 Å². The Kier molecular flexibility index (Phi) is 5.85. The topological polar surface area (TPSA) is 42.0 Å². The number of hydrogen-bond acceptors (Lipinski definition) is 4. The third kappa shape index (κ3) is 4.78. The highest BCUT2D eigenvalue weighted by Crippen LogP contribution is 2.28. The molecule has 0 atom stereocenters. The molecule has 0 aliphatic heterocycles. The smallest absolute Gasteiger partial charge is 0.234 e.